The van der Waals surface area contributed by atoms with Gasteiger partial charge in [-0.25, -0.2) is 4.99 Å². The zero-order valence-electron chi connectivity index (χ0n) is 19.8. The molecule has 3 aromatic carbocycles. The molecule has 4 rings (SSSR count). The standard InChI is InChI=1S/C27H25N5O3S/c1-31(2)19-14-12-18(13-15-19)16-23-26(35)32(20-8-4-3-5-9-20)27(30-23)36-17-24(33)29-22-11-7-6-10-21(22)25(28)34/h3-16H,17H2,1-2H3,(H2,28,34)(H,29,33). The van der Waals surface area contributed by atoms with E-state index in [4.69, 9.17) is 5.73 Å². The Kier molecular flexibility index (Phi) is 7.50. The van der Waals surface area contributed by atoms with E-state index in [1.807, 2.05) is 73.6 Å². The third-order valence-corrected chi connectivity index (χ3v) is 6.29. The van der Waals surface area contributed by atoms with Crippen LogP contribution in [0, 0.1) is 0 Å². The van der Waals surface area contributed by atoms with E-state index in [1.165, 1.54) is 4.90 Å². The summed E-state index contributed by atoms with van der Waals surface area (Å²) < 4.78 is 0. The Bertz CT molecular complexity index is 1350. The van der Waals surface area contributed by atoms with Gasteiger partial charge in [-0.15, -0.1) is 0 Å². The van der Waals surface area contributed by atoms with Gasteiger partial charge in [0.05, 0.1) is 22.7 Å². The fraction of sp³-hybridized carbons (Fsp3) is 0.111. The molecule has 36 heavy (non-hydrogen) atoms. The molecule has 3 amide bonds. The summed E-state index contributed by atoms with van der Waals surface area (Å²) in [4.78, 5) is 45.7. The van der Waals surface area contributed by atoms with Gasteiger partial charge in [0.1, 0.15) is 5.70 Å². The smallest absolute Gasteiger partial charge is 0.283 e. The van der Waals surface area contributed by atoms with Crippen LogP contribution in [0.1, 0.15) is 15.9 Å². The first-order valence-electron chi connectivity index (χ1n) is 11.1. The molecule has 0 unspecified atom stereocenters. The van der Waals surface area contributed by atoms with Gasteiger partial charge in [-0.05, 0) is 48.0 Å². The molecule has 0 aromatic heterocycles. The highest BCUT2D eigenvalue weighted by molar-refractivity contribution is 8.14. The van der Waals surface area contributed by atoms with Crippen LogP contribution in [0.2, 0.25) is 0 Å². The predicted octanol–water partition coefficient (Wildman–Crippen LogP) is 3.97. The number of nitrogens with two attached hydrogens (primary N) is 1. The van der Waals surface area contributed by atoms with Gasteiger partial charge in [-0.1, -0.05) is 54.2 Å². The molecule has 0 spiro atoms. The lowest BCUT2D eigenvalue weighted by atomic mass is 10.1. The Morgan fingerprint density at radius 3 is 2.33 bits per heavy atom. The molecule has 8 nitrogen and oxygen atoms in total. The molecule has 0 saturated carbocycles. The van der Waals surface area contributed by atoms with Gasteiger partial charge >= 0.3 is 0 Å². The minimum atomic E-state index is -0.632. The average Bonchev–Trinajstić information content (AvgIpc) is 3.18. The number of amides is 3. The fourth-order valence-corrected chi connectivity index (χ4v) is 4.36. The number of carbonyl (C=O) groups is 3. The molecule has 0 radical (unpaired) electrons. The van der Waals surface area contributed by atoms with Gasteiger partial charge in [-0.2, -0.15) is 0 Å². The Balaban J connectivity index is 1.56. The third kappa shape index (κ3) is 5.64. The van der Waals surface area contributed by atoms with Crippen molar-refractivity contribution in [1.82, 2.24) is 0 Å². The normalized spacial score (nSPS) is 14.1. The van der Waals surface area contributed by atoms with Crippen LogP contribution in [0.3, 0.4) is 0 Å². The Labute approximate surface area is 213 Å². The van der Waals surface area contributed by atoms with Crippen LogP contribution in [0.5, 0.6) is 0 Å². The van der Waals surface area contributed by atoms with Crippen molar-refractivity contribution in [2.75, 3.05) is 35.0 Å². The lowest BCUT2D eigenvalue weighted by Crippen LogP contribution is -2.31. The van der Waals surface area contributed by atoms with Crippen molar-refractivity contribution in [2.45, 2.75) is 0 Å². The van der Waals surface area contributed by atoms with E-state index in [2.05, 4.69) is 10.3 Å². The number of para-hydroxylation sites is 2. The molecule has 3 N–H and O–H groups in total. The van der Waals surface area contributed by atoms with E-state index in [0.717, 1.165) is 23.0 Å². The first kappa shape index (κ1) is 24.7. The number of rotatable bonds is 7. The second-order valence-corrected chi connectivity index (χ2v) is 9.08. The SMILES string of the molecule is CN(C)c1ccc(C=C2N=C(SCC(=O)Nc3ccccc3C(N)=O)N(c3ccccc3)C2=O)cc1. The van der Waals surface area contributed by atoms with E-state index in [-0.39, 0.29) is 28.8 Å². The molecule has 0 atom stereocenters. The number of aliphatic imine (C=N–C) groups is 1. The summed E-state index contributed by atoms with van der Waals surface area (Å²) in [6.07, 6.45) is 1.73. The van der Waals surface area contributed by atoms with Crippen LogP contribution < -0.4 is 20.9 Å². The van der Waals surface area contributed by atoms with E-state index in [9.17, 15) is 14.4 Å². The molecule has 1 aliphatic rings. The Morgan fingerprint density at radius 2 is 1.67 bits per heavy atom. The van der Waals surface area contributed by atoms with Crippen LogP contribution >= 0.6 is 11.8 Å². The van der Waals surface area contributed by atoms with Gasteiger partial charge in [0.2, 0.25) is 5.91 Å². The highest BCUT2D eigenvalue weighted by atomic mass is 32.2. The van der Waals surface area contributed by atoms with Crippen molar-refractivity contribution >= 4 is 57.8 Å². The molecule has 1 heterocycles. The van der Waals surface area contributed by atoms with E-state index in [1.54, 1.807) is 30.3 Å². The van der Waals surface area contributed by atoms with Crippen LogP contribution in [0.25, 0.3) is 6.08 Å². The molecule has 3 aromatic rings. The maximum atomic E-state index is 13.3. The lowest BCUT2D eigenvalue weighted by Gasteiger charge is -2.17. The molecule has 0 bridgehead atoms. The number of anilines is 3. The van der Waals surface area contributed by atoms with Gasteiger partial charge < -0.3 is 16.0 Å². The van der Waals surface area contributed by atoms with Crippen molar-refractivity contribution in [3.05, 3.63) is 95.7 Å². The Morgan fingerprint density at radius 1 is 1.00 bits per heavy atom. The van der Waals surface area contributed by atoms with E-state index < -0.39 is 5.91 Å². The number of hydrogen-bond donors (Lipinski definition) is 2. The number of benzene rings is 3. The summed E-state index contributed by atoms with van der Waals surface area (Å²) in [6, 6.07) is 23.5. The van der Waals surface area contributed by atoms with Gasteiger partial charge in [-0.3, -0.25) is 19.3 Å². The first-order chi connectivity index (χ1) is 17.3. The zero-order valence-corrected chi connectivity index (χ0v) is 20.7. The number of nitrogens with one attached hydrogen (secondary N) is 1. The minimum Gasteiger partial charge on any atom is -0.378 e. The van der Waals surface area contributed by atoms with Crippen molar-refractivity contribution in [3.63, 3.8) is 0 Å². The second kappa shape index (κ2) is 10.9. The number of amidine groups is 1. The lowest BCUT2D eigenvalue weighted by molar-refractivity contribution is -0.114. The summed E-state index contributed by atoms with van der Waals surface area (Å²) in [5.41, 5.74) is 8.77. The van der Waals surface area contributed by atoms with Crippen molar-refractivity contribution in [2.24, 2.45) is 10.7 Å². The molecular weight excluding hydrogens is 474 g/mol. The molecule has 0 aliphatic carbocycles. The second-order valence-electron chi connectivity index (χ2n) is 8.13. The van der Waals surface area contributed by atoms with Crippen LogP contribution in [-0.2, 0) is 9.59 Å². The summed E-state index contributed by atoms with van der Waals surface area (Å²) in [6.45, 7) is 0. The van der Waals surface area contributed by atoms with E-state index >= 15 is 0 Å². The molecular formula is C27H25N5O3S. The predicted molar refractivity (Wildman–Crippen MR) is 146 cm³/mol. The number of primary amides is 1. The topological polar surface area (TPSA) is 108 Å². The molecule has 182 valence electrons. The van der Waals surface area contributed by atoms with Crippen LogP contribution in [-0.4, -0.2) is 42.7 Å². The van der Waals surface area contributed by atoms with Crippen LogP contribution in [0.4, 0.5) is 17.1 Å². The largest absolute Gasteiger partial charge is 0.378 e. The highest BCUT2D eigenvalue weighted by Crippen LogP contribution is 2.29. The van der Waals surface area contributed by atoms with Gasteiger partial charge in [0.25, 0.3) is 11.8 Å². The molecule has 9 heteroatoms. The Hall–Kier alpha value is -4.37. The zero-order chi connectivity index (χ0) is 25.7. The van der Waals surface area contributed by atoms with E-state index in [0.29, 0.717) is 16.5 Å². The summed E-state index contributed by atoms with van der Waals surface area (Å²) >= 11 is 1.13. The quantitative estimate of drug-likeness (QED) is 0.479. The summed E-state index contributed by atoms with van der Waals surface area (Å²) in [5, 5.41) is 3.10. The first-order valence-corrected chi connectivity index (χ1v) is 12.1. The van der Waals surface area contributed by atoms with Gasteiger partial charge in [0, 0.05) is 19.8 Å². The number of nitrogens with zero attached hydrogens (tertiary/aromatic N) is 3. The van der Waals surface area contributed by atoms with Crippen LogP contribution in [0.15, 0.2) is 89.6 Å². The summed E-state index contributed by atoms with van der Waals surface area (Å²) in [7, 11) is 3.92. The highest BCUT2D eigenvalue weighted by Gasteiger charge is 2.32. The van der Waals surface area contributed by atoms with Crippen molar-refractivity contribution < 1.29 is 14.4 Å². The molecule has 1 aliphatic heterocycles. The molecule has 0 fully saturated rings. The van der Waals surface area contributed by atoms with Gasteiger partial charge in [0.15, 0.2) is 5.17 Å². The number of hydrogen-bond acceptors (Lipinski definition) is 6. The maximum Gasteiger partial charge on any atom is 0.283 e. The maximum absolute atomic E-state index is 13.3. The molecule has 0 saturated heterocycles. The minimum absolute atomic E-state index is 0.0205. The summed E-state index contributed by atoms with van der Waals surface area (Å²) in [5.74, 6) is -1.28. The number of thioether (sulfide) groups is 1. The average molecular weight is 500 g/mol. The number of carbonyl (C=O) groups excluding carboxylic acids is 3. The van der Waals surface area contributed by atoms with Crippen molar-refractivity contribution in [3.8, 4) is 0 Å². The monoisotopic (exact) mass is 499 g/mol. The fourth-order valence-electron chi connectivity index (χ4n) is 3.55. The third-order valence-electron chi connectivity index (χ3n) is 5.36. The van der Waals surface area contributed by atoms with Crippen molar-refractivity contribution in [1.29, 1.82) is 0 Å².